The van der Waals surface area contributed by atoms with E-state index in [1.807, 2.05) is 0 Å². The molecule has 0 amide bonds. The van der Waals surface area contributed by atoms with Crippen LogP contribution in [0.1, 0.15) is 24.5 Å². The van der Waals surface area contributed by atoms with Crippen molar-refractivity contribution >= 4 is 11.6 Å². The quantitative estimate of drug-likeness (QED) is 0.771. The van der Waals surface area contributed by atoms with E-state index in [1.54, 1.807) is 0 Å². The van der Waals surface area contributed by atoms with Gasteiger partial charge in [0.1, 0.15) is 0 Å². The number of rotatable bonds is 5. The highest BCUT2D eigenvalue weighted by atomic mass is 35.5. The summed E-state index contributed by atoms with van der Waals surface area (Å²) in [5.41, 5.74) is 4.80. The Balaban J connectivity index is 2.22. The number of nitrogens with one attached hydrogen (secondary N) is 1. The molecule has 1 nitrogen and oxygen atoms in total. The molecule has 0 bridgehead atoms. The van der Waals surface area contributed by atoms with E-state index >= 15 is 0 Å². The van der Waals surface area contributed by atoms with Crippen LogP contribution in [0.3, 0.4) is 0 Å². The lowest BCUT2D eigenvalue weighted by Crippen LogP contribution is -2.13. The molecule has 0 aliphatic heterocycles. The van der Waals surface area contributed by atoms with E-state index in [9.17, 15) is 0 Å². The maximum Gasteiger partial charge on any atom is 0.0487 e. The molecule has 0 saturated heterocycles. The van der Waals surface area contributed by atoms with Gasteiger partial charge in [0.25, 0.3) is 0 Å². The van der Waals surface area contributed by atoms with Gasteiger partial charge in [0, 0.05) is 17.1 Å². The topological polar surface area (TPSA) is 12.0 Å². The van der Waals surface area contributed by atoms with Crippen LogP contribution in [0, 0.1) is 6.92 Å². The lowest BCUT2D eigenvalue weighted by atomic mass is 9.99. The summed E-state index contributed by atoms with van der Waals surface area (Å²) in [5.74, 6) is 0. The van der Waals surface area contributed by atoms with Crippen LogP contribution in [0.15, 0.2) is 42.5 Å². The third-order valence-corrected chi connectivity index (χ3v) is 3.54. The first-order valence-electron chi connectivity index (χ1n) is 6.77. The lowest BCUT2D eigenvalue weighted by Gasteiger charge is -2.10. The summed E-state index contributed by atoms with van der Waals surface area (Å²) >= 11 is 6.42. The van der Waals surface area contributed by atoms with Crippen molar-refractivity contribution in [1.29, 1.82) is 0 Å². The highest BCUT2D eigenvalue weighted by Gasteiger charge is 2.06. The SMILES string of the molecule is CCCNCc1ccc(-c2ccccc2C)c(Cl)c1. The summed E-state index contributed by atoms with van der Waals surface area (Å²) in [5, 5.41) is 4.21. The molecule has 2 rings (SSSR count). The number of hydrogen-bond donors (Lipinski definition) is 1. The summed E-state index contributed by atoms with van der Waals surface area (Å²) in [4.78, 5) is 0. The summed E-state index contributed by atoms with van der Waals surface area (Å²) in [6.07, 6.45) is 1.15. The summed E-state index contributed by atoms with van der Waals surface area (Å²) < 4.78 is 0. The molecule has 19 heavy (non-hydrogen) atoms. The minimum Gasteiger partial charge on any atom is -0.313 e. The Bertz CT molecular complexity index is 549. The zero-order valence-electron chi connectivity index (χ0n) is 11.5. The fourth-order valence-electron chi connectivity index (χ4n) is 2.17. The van der Waals surface area contributed by atoms with Crippen LogP contribution in [-0.2, 0) is 6.54 Å². The maximum absolute atomic E-state index is 6.42. The Labute approximate surface area is 120 Å². The van der Waals surface area contributed by atoms with E-state index in [2.05, 4.69) is 61.6 Å². The second kappa shape index (κ2) is 6.74. The highest BCUT2D eigenvalue weighted by molar-refractivity contribution is 6.33. The fraction of sp³-hybridized carbons (Fsp3) is 0.294. The second-order valence-electron chi connectivity index (χ2n) is 4.81. The van der Waals surface area contributed by atoms with Gasteiger partial charge in [-0.25, -0.2) is 0 Å². The number of aryl methyl sites for hydroxylation is 1. The number of benzene rings is 2. The van der Waals surface area contributed by atoms with E-state index in [4.69, 9.17) is 11.6 Å². The van der Waals surface area contributed by atoms with Gasteiger partial charge in [-0.15, -0.1) is 0 Å². The molecule has 2 heteroatoms. The average molecular weight is 274 g/mol. The molecule has 0 radical (unpaired) electrons. The second-order valence-corrected chi connectivity index (χ2v) is 5.21. The zero-order valence-corrected chi connectivity index (χ0v) is 12.3. The Hall–Kier alpha value is -1.31. The summed E-state index contributed by atoms with van der Waals surface area (Å²) in [6, 6.07) is 14.7. The standard InChI is InChI=1S/C17H20ClN/c1-3-10-19-12-14-8-9-16(17(18)11-14)15-7-5-4-6-13(15)2/h4-9,11,19H,3,10,12H2,1-2H3. The summed E-state index contributed by atoms with van der Waals surface area (Å²) in [6.45, 7) is 6.20. The van der Waals surface area contributed by atoms with E-state index in [0.717, 1.165) is 30.1 Å². The lowest BCUT2D eigenvalue weighted by molar-refractivity contribution is 0.675. The molecule has 0 unspecified atom stereocenters. The Morgan fingerprint density at radius 3 is 2.53 bits per heavy atom. The smallest absolute Gasteiger partial charge is 0.0487 e. The van der Waals surface area contributed by atoms with Gasteiger partial charge in [0.15, 0.2) is 0 Å². The van der Waals surface area contributed by atoms with Gasteiger partial charge in [0.2, 0.25) is 0 Å². The number of halogens is 1. The molecular weight excluding hydrogens is 254 g/mol. The van der Waals surface area contributed by atoms with Gasteiger partial charge < -0.3 is 5.32 Å². The van der Waals surface area contributed by atoms with Gasteiger partial charge in [-0.2, -0.15) is 0 Å². The van der Waals surface area contributed by atoms with E-state index in [0.29, 0.717) is 0 Å². The maximum atomic E-state index is 6.42. The minimum atomic E-state index is 0.824. The third-order valence-electron chi connectivity index (χ3n) is 3.22. The van der Waals surface area contributed by atoms with Crippen molar-refractivity contribution in [2.24, 2.45) is 0 Å². The van der Waals surface area contributed by atoms with Crippen molar-refractivity contribution in [3.05, 3.63) is 58.6 Å². The van der Waals surface area contributed by atoms with Crippen molar-refractivity contribution in [1.82, 2.24) is 5.32 Å². The van der Waals surface area contributed by atoms with Crippen LogP contribution in [0.25, 0.3) is 11.1 Å². The summed E-state index contributed by atoms with van der Waals surface area (Å²) in [7, 11) is 0. The predicted molar refractivity (Wildman–Crippen MR) is 83.6 cm³/mol. The highest BCUT2D eigenvalue weighted by Crippen LogP contribution is 2.30. The molecule has 0 saturated carbocycles. The Kier molecular flexibility index (Phi) is 5.00. The molecule has 2 aromatic carbocycles. The predicted octanol–water partition coefficient (Wildman–Crippen LogP) is 4.82. The van der Waals surface area contributed by atoms with Crippen LogP contribution < -0.4 is 5.32 Å². The minimum absolute atomic E-state index is 0.824. The van der Waals surface area contributed by atoms with Crippen LogP contribution in [-0.4, -0.2) is 6.54 Å². The molecule has 0 fully saturated rings. The van der Waals surface area contributed by atoms with Crippen LogP contribution in [0.5, 0.6) is 0 Å². The number of hydrogen-bond acceptors (Lipinski definition) is 1. The molecule has 1 N–H and O–H groups in total. The van der Waals surface area contributed by atoms with Crippen molar-refractivity contribution in [3.63, 3.8) is 0 Å². The van der Waals surface area contributed by atoms with Gasteiger partial charge >= 0.3 is 0 Å². The van der Waals surface area contributed by atoms with Crippen LogP contribution in [0.4, 0.5) is 0 Å². The van der Waals surface area contributed by atoms with Crippen LogP contribution in [0.2, 0.25) is 5.02 Å². The van der Waals surface area contributed by atoms with E-state index in [1.165, 1.54) is 16.7 Å². The fourth-order valence-corrected chi connectivity index (χ4v) is 2.48. The molecule has 0 aliphatic rings. The van der Waals surface area contributed by atoms with Gasteiger partial charge in [0.05, 0.1) is 0 Å². The van der Waals surface area contributed by atoms with Gasteiger partial charge in [-0.05, 0) is 42.6 Å². The molecule has 0 spiro atoms. The molecule has 2 aromatic rings. The van der Waals surface area contributed by atoms with Gasteiger partial charge in [-0.3, -0.25) is 0 Å². The molecule has 0 atom stereocenters. The zero-order chi connectivity index (χ0) is 13.7. The first-order valence-corrected chi connectivity index (χ1v) is 7.15. The van der Waals surface area contributed by atoms with E-state index < -0.39 is 0 Å². The van der Waals surface area contributed by atoms with E-state index in [-0.39, 0.29) is 0 Å². The van der Waals surface area contributed by atoms with Crippen molar-refractivity contribution in [2.45, 2.75) is 26.8 Å². The molecule has 0 aromatic heterocycles. The first-order chi connectivity index (χ1) is 9.22. The normalized spacial score (nSPS) is 10.7. The average Bonchev–Trinajstić information content (AvgIpc) is 2.40. The van der Waals surface area contributed by atoms with Crippen molar-refractivity contribution < 1.29 is 0 Å². The monoisotopic (exact) mass is 273 g/mol. The van der Waals surface area contributed by atoms with Gasteiger partial charge in [-0.1, -0.05) is 54.9 Å². The molecule has 0 heterocycles. The Morgan fingerprint density at radius 2 is 1.84 bits per heavy atom. The largest absolute Gasteiger partial charge is 0.313 e. The Morgan fingerprint density at radius 1 is 1.05 bits per heavy atom. The molecule has 100 valence electrons. The third kappa shape index (κ3) is 3.59. The molecular formula is C17H20ClN. The first kappa shape index (κ1) is 14.1. The van der Waals surface area contributed by atoms with Crippen molar-refractivity contribution in [3.8, 4) is 11.1 Å². The molecule has 0 aliphatic carbocycles. The van der Waals surface area contributed by atoms with Crippen LogP contribution >= 0.6 is 11.6 Å². The van der Waals surface area contributed by atoms with Crippen molar-refractivity contribution in [2.75, 3.05) is 6.54 Å².